The standard InChI is InChI=1S/C11H13F7O2.Eu/c1-8(2,3)6(19)5-7(20-4)9(12,13)10(14,15)11(16,17)18;/h5H,1-4H3;/p+1/b7-5-;. The largest absolute Gasteiger partial charge is 0.494 e. The summed E-state index contributed by atoms with van der Waals surface area (Å²) in [5.74, 6) is -14.8. The number of halogens is 7. The summed E-state index contributed by atoms with van der Waals surface area (Å²) in [5, 5.41) is 0. The zero-order valence-corrected chi connectivity index (χ0v) is 13.9. The minimum atomic E-state index is -6.47. The molecule has 21 heavy (non-hydrogen) atoms. The molecule has 125 valence electrons. The van der Waals surface area contributed by atoms with E-state index in [2.05, 4.69) is 4.74 Å². The van der Waals surface area contributed by atoms with E-state index in [4.69, 9.17) is 0 Å². The van der Waals surface area contributed by atoms with Gasteiger partial charge in [0.05, 0.1) is 18.6 Å². The van der Waals surface area contributed by atoms with Crippen LogP contribution < -0.4 is 0 Å². The molecule has 0 heterocycles. The Morgan fingerprint density at radius 3 is 1.57 bits per heavy atom. The summed E-state index contributed by atoms with van der Waals surface area (Å²) in [4.78, 5) is 9.42. The van der Waals surface area contributed by atoms with E-state index < -0.39 is 35.0 Å². The van der Waals surface area contributed by atoms with Gasteiger partial charge in [-0.05, 0) is 20.8 Å². The van der Waals surface area contributed by atoms with Gasteiger partial charge in [-0.2, -0.15) is 30.7 Å². The van der Waals surface area contributed by atoms with Gasteiger partial charge in [0.15, 0.2) is 5.76 Å². The molecule has 0 aromatic heterocycles. The molecule has 0 aliphatic rings. The minimum Gasteiger partial charge on any atom is -0.494 e. The van der Waals surface area contributed by atoms with Crippen molar-refractivity contribution < 1.29 is 89.6 Å². The maximum Gasteiger partial charge on any atom is 0.460 e. The monoisotopic (exact) mass is 464 g/mol. The maximum atomic E-state index is 13.3. The van der Waals surface area contributed by atoms with Gasteiger partial charge in [0.25, 0.3) is 0 Å². The second-order valence-corrected chi connectivity index (χ2v) is 4.99. The molecule has 1 radical (unpaired) electrons. The SMILES string of the molecule is CO/C(=C\C(=[OH+])C(C)(C)C)C(F)(F)C(F)(F)C(F)(F)F.[Eu]. The summed E-state index contributed by atoms with van der Waals surface area (Å²) in [6, 6.07) is 0. The molecule has 0 rings (SSSR count). The molecule has 0 aromatic rings. The van der Waals surface area contributed by atoms with Crippen LogP contribution in [0.2, 0.25) is 0 Å². The first-order chi connectivity index (χ1) is 8.59. The van der Waals surface area contributed by atoms with Crippen LogP contribution in [0.1, 0.15) is 20.8 Å². The van der Waals surface area contributed by atoms with Gasteiger partial charge >= 0.3 is 23.8 Å². The van der Waals surface area contributed by atoms with Crippen molar-refractivity contribution in [3.8, 4) is 0 Å². The molecule has 0 fully saturated rings. The van der Waals surface area contributed by atoms with E-state index in [1.165, 1.54) is 20.8 Å². The summed E-state index contributed by atoms with van der Waals surface area (Å²) >= 11 is 0. The maximum absolute atomic E-state index is 13.3. The van der Waals surface area contributed by atoms with E-state index >= 15 is 0 Å². The second kappa shape index (κ2) is 7.25. The zero-order chi connectivity index (χ0) is 16.6. The fourth-order valence-electron chi connectivity index (χ4n) is 0.951. The van der Waals surface area contributed by atoms with Crippen molar-refractivity contribution in [2.45, 2.75) is 38.8 Å². The van der Waals surface area contributed by atoms with Crippen molar-refractivity contribution >= 4 is 5.78 Å². The van der Waals surface area contributed by atoms with Crippen LogP contribution in [-0.2, 0) is 4.74 Å². The van der Waals surface area contributed by atoms with E-state index in [0.29, 0.717) is 7.11 Å². The topological polar surface area (TPSA) is 30.6 Å². The molecule has 0 aliphatic heterocycles. The van der Waals surface area contributed by atoms with Crippen molar-refractivity contribution in [2.24, 2.45) is 5.41 Å². The third-order valence-electron chi connectivity index (χ3n) is 2.32. The van der Waals surface area contributed by atoms with Gasteiger partial charge in [-0.3, -0.25) is 4.79 Å². The number of hydrogen-bond acceptors (Lipinski definition) is 1. The van der Waals surface area contributed by atoms with Crippen LogP contribution in [0.25, 0.3) is 0 Å². The predicted molar refractivity (Wildman–Crippen MR) is 57.4 cm³/mol. The number of methoxy groups -OCH3 is 1. The first-order valence-corrected chi connectivity index (χ1v) is 5.24. The molecule has 0 spiro atoms. The average Bonchev–Trinajstić information content (AvgIpc) is 2.21. The van der Waals surface area contributed by atoms with Crippen LogP contribution >= 0.6 is 0 Å². The molecule has 0 unspecified atom stereocenters. The summed E-state index contributed by atoms with van der Waals surface area (Å²) in [6.45, 7) is 4.02. The van der Waals surface area contributed by atoms with Crippen LogP contribution in [0.5, 0.6) is 0 Å². The first kappa shape index (κ1) is 23.6. The van der Waals surface area contributed by atoms with Crippen molar-refractivity contribution in [3.63, 3.8) is 0 Å². The quantitative estimate of drug-likeness (QED) is 0.269. The van der Waals surface area contributed by atoms with Crippen molar-refractivity contribution in [2.75, 3.05) is 7.11 Å². The van der Waals surface area contributed by atoms with Gasteiger partial charge in [0.1, 0.15) is 0 Å². The van der Waals surface area contributed by atoms with Crippen LogP contribution in [0, 0.1) is 54.8 Å². The van der Waals surface area contributed by atoms with E-state index in [9.17, 15) is 35.5 Å². The Labute approximate surface area is 157 Å². The van der Waals surface area contributed by atoms with E-state index in [0.717, 1.165) is 0 Å². The summed E-state index contributed by atoms with van der Waals surface area (Å²) in [5.41, 5.74) is -1.13. The van der Waals surface area contributed by atoms with Crippen molar-refractivity contribution in [1.29, 1.82) is 0 Å². The molecular weight excluding hydrogens is 449 g/mol. The Morgan fingerprint density at radius 2 is 1.33 bits per heavy atom. The molecule has 0 aromatic carbocycles. The van der Waals surface area contributed by atoms with Crippen LogP contribution in [0.15, 0.2) is 11.8 Å². The third kappa shape index (κ3) is 5.16. The summed E-state index contributed by atoms with van der Waals surface area (Å²) in [7, 11) is 0.502. The van der Waals surface area contributed by atoms with Crippen LogP contribution in [0.3, 0.4) is 0 Å². The molecule has 0 saturated carbocycles. The van der Waals surface area contributed by atoms with Gasteiger partial charge in [-0.15, -0.1) is 0 Å². The van der Waals surface area contributed by atoms with Crippen LogP contribution in [-0.4, -0.2) is 35.7 Å². The van der Waals surface area contributed by atoms with Crippen LogP contribution in [0.4, 0.5) is 30.7 Å². The molecular formula is C11H14EuF7O2+. The Bertz CT molecular complexity index is 408. The van der Waals surface area contributed by atoms with Gasteiger partial charge in [-0.25, -0.2) is 0 Å². The Balaban J connectivity index is 0. The van der Waals surface area contributed by atoms with E-state index in [1.807, 2.05) is 0 Å². The number of allylic oxidation sites excluding steroid dienone is 2. The second-order valence-electron chi connectivity index (χ2n) is 4.99. The van der Waals surface area contributed by atoms with E-state index in [1.54, 1.807) is 0 Å². The van der Waals surface area contributed by atoms with Crippen molar-refractivity contribution in [1.82, 2.24) is 0 Å². The molecule has 0 bridgehead atoms. The molecule has 1 N–H and O–H groups in total. The van der Waals surface area contributed by atoms with Gasteiger partial charge in [0.2, 0.25) is 0 Å². The molecule has 0 saturated heterocycles. The number of ether oxygens (including phenoxy) is 1. The number of ketones is 1. The number of hydrogen-bond donors (Lipinski definition) is 0. The number of carbonyl (C=O) groups excluding carboxylic acids is 1. The Kier molecular flexibility index (Phi) is 8.14. The molecule has 2 nitrogen and oxygen atoms in total. The minimum absolute atomic E-state index is 0. The molecule has 0 amide bonds. The fraction of sp³-hybridized carbons (Fsp3) is 0.727. The van der Waals surface area contributed by atoms with Gasteiger partial charge in [-0.1, -0.05) is 0 Å². The number of rotatable bonds is 4. The van der Waals surface area contributed by atoms with Crippen molar-refractivity contribution in [3.05, 3.63) is 11.8 Å². The number of alkyl halides is 7. The Hall–Kier alpha value is 0.304. The first-order valence-electron chi connectivity index (χ1n) is 5.24. The zero-order valence-electron chi connectivity index (χ0n) is 11.5. The fourth-order valence-corrected chi connectivity index (χ4v) is 0.951. The molecule has 0 aliphatic carbocycles. The molecule has 10 heteroatoms. The molecule has 0 atom stereocenters. The van der Waals surface area contributed by atoms with Gasteiger partial charge in [0, 0.05) is 49.4 Å². The third-order valence-corrected chi connectivity index (χ3v) is 2.32. The summed E-state index contributed by atoms with van der Waals surface area (Å²) < 4.78 is 92.2. The predicted octanol–water partition coefficient (Wildman–Crippen LogP) is 3.94. The average molecular weight is 463 g/mol. The van der Waals surface area contributed by atoms with Gasteiger partial charge < -0.3 is 4.74 Å². The Morgan fingerprint density at radius 1 is 0.952 bits per heavy atom. The smallest absolute Gasteiger partial charge is 0.460 e. The normalized spacial score (nSPS) is 14.5. The summed E-state index contributed by atoms with van der Waals surface area (Å²) in [6.07, 6.45) is -6.40. The van der Waals surface area contributed by atoms with E-state index in [-0.39, 0.29) is 55.5 Å².